The monoisotopic (exact) mass is 374 g/mol. The van der Waals surface area contributed by atoms with Crippen LogP contribution < -0.4 is 5.32 Å². The number of nitrogens with one attached hydrogen (secondary N) is 1. The summed E-state index contributed by atoms with van der Waals surface area (Å²) in [4.78, 5) is 11.8. The van der Waals surface area contributed by atoms with Crippen molar-refractivity contribution in [3.05, 3.63) is 89.0 Å². The maximum absolute atomic E-state index is 13.1. The van der Waals surface area contributed by atoms with E-state index in [2.05, 4.69) is 27.3 Å². The molecule has 142 valence electrons. The van der Waals surface area contributed by atoms with Crippen molar-refractivity contribution in [3.63, 3.8) is 0 Å². The van der Waals surface area contributed by atoms with Gasteiger partial charge in [0.15, 0.2) is 0 Å². The number of likely N-dealkylation sites (tertiary alicyclic amines) is 1. The molecule has 0 amide bonds. The molecule has 1 aliphatic heterocycles. The molecule has 0 spiro atoms. The number of hydrogen-bond donors (Lipinski definition) is 1. The van der Waals surface area contributed by atoms with E-state index in [0.717, 1.165) is 38.2 Å². The lowest BCUT2D eigenvalue weighted by atomic mass is 9.99. The highest BCUT2D eigenvalue weighted by atomic mass is 19.1. The van der Waals surface area contributed by atoms with Crippen molar-refractivity contribution < 1.29 is 4.39 Å². The number of aromatic nitrogens is 2. The number of fused-ring (bicyclic) bond motifs is 3. The van der Waals surface area contributed by atoms with Crippen LogP contribution in [-0.2, 0) is 19.5 Å². The fourth-order valence-electron chi connectivity index (χ4n) is 4.50. The van der Waals surface area contributed by atoms with Gasteiger partial charge >= 0.3 is 0 Å². The Morgan fingerprint density at radius 2 is 1.82 bits per heavy atom. The van der Waals surface area contributed by atoms with E-state index in [9.17, 15) is 4.39 Å². The molecule has 1 saturated heterocycles. The number of halogens is 1. The van der Waals surface area contributed by atoms with E-state index in [1.807, 2.05) is 36.5 Å². The molecule has 2 heterocycles. The molecular formula is C23H23FN4. The first-order chi connectivity index (χ1) is 13.7. The lowest BCUT2D eigenvalue weighted by Gasteiger charge is -2.17. The van der Waals surface area contributed by atoms with Gasteiger partial charge in [0.2, 0.25) is 5.95 Å². The van der Waals surface area contributed by atoms with Gasteiger partial charge in [0.1, 0.15) is 5.82 Å². The second kappa shape index (κ2) is 7.32. The van der Waals surface area contributed by atoms with Crippen molar-refractivity contribution in [2.75, 3.05) is 18.4 Å². The first-order valence-corrected chi connectivity index (χ1v) is 9.85. The van der Waals surface area contributed by atoms with E-state index in [-0.39, 0.29) is 5.82 Å². The van der Waals surface area contributed by atoms with E-state index in [4.69, 9.17) is 4.98 Å². The van der Waals surface area contributed by atoms with Gasteiger partial charge in [-0.15, -0.1) is 0 Å². The molecule has 3 aromatic rings. The quantitative estimate of drug-likeness (QED) is 0.733. The number of hydrogen-bond acceptors (Lipinski definition) is 4. The zero-order chi connectivity index (χ0) is 18.9. The Hall–Kier alpha value is -2.79. The van der Waals surface area contributed by atoms with Crippen LogP contribution >= 0.6 is 0 Å². The summed E-state index contributed by atoms with van der Waals surface area (Å²) in [5.41, 5.74) is 4.88. The van der Waals surface area contributed by atoms with Crippen LogP contribution in [0.1, 0.15) is 28.3 Å². The number of benzene rings is 2. The topological polar surface area (TPSA) is 41.1 Å². The van der Waals surface area contributed by atoms with Crippen molar-refractivity contribution in [1.29, 1.82) is 0 Å². The van der Waals surface area contributed by atoms with E-state index in [0.29, 0.717) is 17.8 Å². The predicted octanol–water partition coefficient (Wildman–Crippen LogP) is 4.00. The van der Waals surface area contributed by atoms with E-state index >= 15 is 0 Å². The minimum absolute atomic E-state index is 0.178. The molecule has 5 rings (SSSR count). The fraction of sp³-hybridized carbons (Fsp3) is 0.304. The third-order valence-electron chi connectivity index (χ3n) is 5.86. The molecule has 28 heavy (non-hydrogen) atoms. The van der Waals surface area contributed by atoms with Gasteiger partial charge in [0, 0.05) is 38.3 Å². The average molecular weight is 374 g/mol. The summed E-state index contributed by atoms with van der Waals surface area (Å²) in [5.74, 6) is 1.60. The van der Waals surface area contributed by atoms with Crippen LogP contribution in [-0.4, -0.2) is 28.0 Å². The molecule has 1 N–H and O–H groups in total. The number of nitrogens with zero attached hydrogens (tertiary/aromatic N) is 3. The molecule has 2 aliphatic rings. The Bertz CT molecular complexity index is 958. The molecule has 0 saturated carbocycles. The minimum Gasteiger partial charge on any atom is -0.350 e. The van der Waals surface area contributed by atoms with Gasteiger partial charge in [0.25, 0.3) is 0 Å². The van der Waals surface area contributed by atoms with Gasteiger partial charge in [-0.05, 0) is 41.2 Å². The predicted molar refractivity (Wildman–Crippen MR) is 107 cm³/mol. The van der Waals surface area contributed by atoms with Gasteiger partial charge in [-0.1, -0.05) is 42.5 Å². The van der Waals surface area contributed by atoms with Gasteiger partial charge in [-0.25, -0.2) is 14.4 Å². The first kappa shape index (κ1) is 17.3. The van der Waals surface area contributed by atoms with Gasteiger partial charge in [0.05, 0.1) is 5.69 Å². The van der Waals surface area contributed by atoms with E-state index in [1.165, 1.54) is 16.8 Å². The normalized spacial score (nSPS) is 20.8. The Morgan fingerprint density at radius 1 is 1.00 bits per heavy atom. The molecule has 1 fully saturated rings. The van der Waals surface area contributed by atoms with Gasteiger partial charge in [-0.3, -0.25) is 4.90 Å². The van der Waals surface area contributed by atoms with E-state index < -0.39 is 0 Å². The van der Waals surface area contributed by atoms with Crippen molar-refractivity contribution >= 4 is 5.95 Å². The lowest BCUT2D eigenvalue weighted by molar-refractivity contribution is 0.313. The molecule has 0 radical (unpaired) electrons. The van der Waals surface area contributed by atoms with Crippen LogP contribution in [0.2, 0.25) is 0 Å². The SMILES string of the molecule is Fc1ccc(CN2C[C@H]3Cc4cnc(NCc5ccccc5)nc4[C@@H]3C2)cc1. The Kier molecular flexibility index (Phi) is 4.53. The highest BCUT2D eigenvalue weighted by Crippen LogP contribution is 2.42. The number of anilines is 1. The van der Waals surface area contributed by atoms with Crippen molar-refractivity contribution in [1.82, 2.24) is 14.9 Å². The van der Waals surface area contributed by atoms with Crippen LogP contribution in [0.15, 0.2) is 60.8 Å². The smallest absolute Gasteiger partial charge is 0.223 e. The maximum atomic E-state index is 13.1. The summed E-state index contributed by atoms with van der Waals surface area (Å²) in [6.45, 7) is 3.66. The summed E-state index contributed by atoms with van der Waals surface area (Å²) in [6.07, 6.45) is 3.05. The van der Waals surface area contributed by atoms with Crippen LogP contribution in [0.3, 0.4) is 0 Å². The zero-order valence-electron chi connectivity index (χ0n) is 15.7. The summed E-state index contributed by atoms with van der Waals surface area (Å²) in [5, 5.41) is 3.36. The molecule has 0 bridgehead atoms. The highest BCUT2D eigenvalue weighted by molar-refractivity contribution is 5.37. The molecule has 1 aliphatic carbocycles. The Balaban J connectivity index is 1.26. The van der Waals surface area contributed by atoms with Crippen LogP contribution in [0.25, 0.3) is 0 Å². The van der Waals surface area contributed by atoms with Crippen LogP contribution in [0.5, 0.6) is 0 Å². The standard InChI is InChI=1S/C23H23FN4/c24-20-8-6-17(7-9-20)13-28-14-19-10-18-12-26-23(27-22(18)21(19)15-28)25-11-16-4-2-1-3-5-16/h1-9,12,19,21H,10-11,13-15H2,(H,25,26,27)/t19-,21-/m1/s1. The molecule has 4 nitrogen and oxygen atoms in total. The Morgan fingerprint density at radius 3 is 2.64 bits per heavy atom. The third kappa shape index (κ3) is 3.50. The number of rotatable bonds is 5. The largest absolute Gasteiger partial charge is 0.350 e. The molecule has 2 aromatic carbocycles. The molecule has 2 atom stereocenters. The minimum atomic E-state index is -0.178. The third-order valence-corrected chi connectivity index (χ3v) is 5.86. The second-order valence-corrected chi connectivity index (χ2v) is 7.83. The van der Waals surface area contributed by atoms with Crippen molar-refractivity contribution in [3.8, 4) is 0 Å². The molecule has 1 aromatic heterocycles. The second-order valence-electron chi connectivity index (χ2n) is 7.83. The summed E-state index contributed by atoms with van der Waals surface area (Å²) in [7, 11) is 0. The summed E-state index contributed by atoms with van der Waals surface area (Å²) >= 11 is 0. The molecule has 5 heteroatoms. The van der Waals surface area contributed by atoms with Crippen molar-refractivity contribution in [2.24, 2.45) is 5.92 Å². The summed E-state index contributed by atoms with van der Waals surface area (Å²) in [6, 6.07) is 17.1. The van der Waals surface area contributed by atoms with Gasteiger partial charge < -0.3 is 5.32 Å². The van der Waals surface area contributed by atoms with Gasteiger partial charge in [-0.2, -0.15) is 0 Å². The van der Waals surface area contributed by atoms with Crippen molar-refractivity contribution in [2.45, 2.75) is 25.4 Å². The highest BCUT2D eigenvalue weighted by Gasteiger charge is 2.41. The average Bonchev–Trinajstić information content (AvgIpc) is 3.26. The molecular weight excluding hydrogens is 351 g/mol. The summed E-state index contributed by atoms with van der Waals surface area (Å²) < 4.78 is 13.1. The maximum Gasteiger partial charge on any atom is 0.223 e. The lowest BCUT2D eigenvalue weighted by Crippen LogP contribution is -2.21. The van der Waals surface area contributed by atoms with Crippen LogP contribution in [0.4, 0.5) is 10.3 Å². The fourth-order valence-corrected chi connectivity index (χ4v) is 4.50. The zero-order valence-corrected chi connectivity index (χ0v) is 15.7. The molecule has 0 unspecified atom stereocenters. The van der Waals surface area contributed by atoms with Crippen LogP contribution in [0, 0.1) is 11.7 Å². The first-order valence-electron chi connectivity index (χ1n) is 9.85. The van der Waals surface area contributed by atoms with E-state index in [1.54, 1.807) is 12.1 Å². The Labute approximate surface area is 164 Å².